The maximum atomic E-state index is 13.6. The van der Waals surface area contributed by atoms with Gasteiger partial charge in [0, 0.05) is 24.7 Å². The minimum Gasteiger partial charge on any atom is -0.491 e. The second-order valence-corrected chi connectivity index (χ2v) is 10.8. The van der Waals surface area contributed by atoms with Gasteiger partial charge in [-0.05, 0) is 80.4 Å². The van der Waals surface area contributed by atoms with Crippen molar-refractivity contribution in [3.63, 3.8) is 0 Å². The Morgan fingerprint density at radius 2 is 1.44 bits per heavy atom. The number of nitrogens with zero attached hydrogens (tertiary/aromatic N) is 1. The van der Waals surface area contributed by atoms with Crippen molar-refractivity contribution in [2.75, 3.05) is 26.9 Å². The van der Waals surface area contributed by atoms with Crippen molar-refractivity contribution >= 4 is 30.0 Å². The minimum atomic E-state index is -1.12. The average Bonchev–Trinajstić information content (AvgIpc) is 3.00. The van der Waals surface area contributed by atoms with Crippen molar-refractivity contribution in [3.05, 3.63) is 95.1 Å². The number of methoxy groups -OCH3 is 1. The van der Waals surface area contributed by atoms with Gasteiger partial charge in [-0.1, -0.05) is 24.3 Å². The molecule has 238 valence electrons. The van der Waals surface area contributed by atoms with Gasteiger partial charge < -0.3 is 29.4 Å². The van der Waals surface area contributed by atoms with Crippen molar-refractivity contribution in [1.82, 2.24) is 10.7 Å². The van der Waals surface area contributed by atoms with E-state index in [2.05, 4.69) is 15.8 Å². The summed E-state index contributed by atoms with van der Waals surface area (Å²) in [4.78, 5) is 49.4. The number of benzene rings is 3. The van der Waals surface area contributed by atoms with Gasteiger partial charge in [-0.25, -0.2) is 15.0 Å². The summed E-state index contributed by atoms with van der Waals surface area (Å²) in [5.41, 5.74) is 3.65. The Morgan fingerprint density at radius 3 is 2.04 bits per heavy atom. The molecule has 3 aromatic carbocycles. The Balaban J connectivity index is 1.73. The lowest BCUT2D eigenvalue weighted by Gasteiger charge is -2.19. The Hall–Kier alpha value is -5.23. The number of carboxylic acid groups (broad SMARTS) is 1. The van der Waals surface area contributed by atoms with E-state index in [9.17, 15) is 19.2 Å². The van der Waals surface area contributed by atoms with Crippen LogP contribution in [0.2, 0.25) is 0 Å². The van der Waals surface area contributed by atoms with E-state index in [4.69, 9.17) is 24.1 Å². The van der Waals surface area contributed by atoms with Crippen LogP contribution in [0.4, 0.5) is 4.79 Å². The highest BCUT2D eigenvalue weighted by Gasteiger charge is 2.24. The molecule has 0 aliphatic rings. The molecule has 12 nitrogen and oxygen atoms in total. The number of amides is 2. The largest absolute Gasteiger partial charge is 0.491 e. The van der Waals surface area contributed by atoms with E-state index in [-0.39, 0.29) is 12.2 Å². The molecule has 0 saturated carbocycles. The standard InChI is InChI=1S/C33H37N3O9/c1-33(2,3)45-32(41)36-34-20-23-5-9-25(10-6-23)31(40)35-28(19-22-7-13-26(14-8-22)43-18-17-42-4)30(39)24-11-15-27(16-12-24)44-21-29(37)38/h5-16,20,28H,17-19,21H2,1-4H3,(H,35,40)(H,36,41)(H,37,38)/t28-/m0/s1. The fourth-order valence-corrected chi connectivity index (χ4v) is 3.89. The van der Waals surface area contributed by atoms with Crippen LogP contribution in [0, 0.1) is 0 Å². The van der Waals surface area contributed by atoms with Crippen LogP contribution in [0.25, 0.3) is 0 Å². The number of hydrazone groups is 1. The Bertz CT molecular complexity index is 1460. The summed E-state index contributed by atoms with van der Waals surface area (Å²) in [6, 6.07) is 18.7. The van der Waals surface area contributed by atoms with E-state index in [0.29, 0.717) is 41.4 Å². The number of hydrogen-bond donors (Lipinski definition) is 3. The Morgan fingerprint density at radius 1 is 0.844 bits per heavy atom. The molecule has 3 N–H and O–H groups in total. The molecule has 12 heteroatoms. The van der Waals surface area contributed by atoms with Crippen molar-refractivity contribution < 1.29 is 43.2 Å². The lowest BCUT2D eigenvalue weighted by Crippen LogP contribution is -2.42. The fourth-order valence-electron chi connectivity index (χ4n) is 3.89. The second-order valence-electron chi connectivity index (χ2n) is 10.8. The third-order valence-corrected chi connectivity index (χ3v) is 5.98. The first kappa shape index (κ1) is 34.3. The molecule has 0 saturated heterocycles. The molecule has 3 aromatic rings. The number of carboxylic acids is 1. The lowest BCUT2D eigenvalue weighted by molar-refractivity contribution is -0.139. The third kappa shape index (κ3) is 12.1. The Kier molecular flexibility index (Phi) is 12.6. The zero-order valence-corrected chi connectivity index (χ0v) is 25.6. The number of rotatable bonds is 15. The van der Waals surface area contributed by atoms with Crippen LogP contribution in [-0.2, 0) is 20.7 Å². The van der Waals surface area contributed by atoms with Gasteiger partial charge in [-0.15, -0.1) is 0 Å². The summed E-state index contributed by atoms with van der Waals surface area (Å²) < 4.78 is 20.9. The van der Waals surface area contributed by atoms with Crippen LogP contribution in [0.1, 0.15) is 52.6 Å². The van der Waals surface area contributed by atoms with Crippen molar-refractivity contribution in [2.45, 2.75) is 38.8 Å². The number of nitrogens with one attached hydrogen (secondary N) is 2. The first-order valence-electron chi connectivity index (χ1n) is 14.1. The average molecular weight is 620 g/mol. The van der Waals surface area contributed by atoms with Crippen LogP contribution in [0.5, 0.6) is 11.5 Å². The summed E-state index contributed by atoms with van der Waals surface area (Å²) in [6.07, 6.45) is 0.909. The Labute approximate surface area is 261 Å². The van der Waals surface area contributed by atoms with E-state index >= 15 is 0 Å². The molecule has 0 bridgehead atoms. The molecule has 0 aromatic heterocycles. The lowest BCUT2D eigenvalue weighted by atomic mass is 9.97. The molecule has 2 amide bonds. The summed E-state index contributed by atoms with van der Waals surface area (Å²) in [5, 5.41) is 15.5. The van der Waals surface area contributed by atoms with Crippen molar-refractivity contribution in [1.29, 1.82) is 0 Å². The van der Waals surface area contributed by atoms with Crippen molar-refractivity contribution in [3.8, 4) is 11.5 Å². The molecule has 45 heavy (non-hydrogen) atoms. The van der Waals surface area contributed by atoms with Crippen LogP contribution >= 0.6 is 0 Å². The quantitative estimate of drug-likeness (QED) is 0.0977. The summed E-state index contributed by atoms with van der Waals surface area (Å²) in [6.45, 7) is 5.55. The molecule has 0 unspecified atom stereocenters. The SMILES string of the molecule is COCCOc1ccc(C[C@H](NC(=O)c2ccc(C=NNC(=O)OC(C)(C)C)cc2)C(=O)c2ccc(OCC(=O)O)cc2)cc1. The molecular formula is C33H37N3O9. The molecule has 0 spiro atoms. The monoisotopic (exact) mass is 619 g/mol. The van der Waals surface area contributed by atoms with E-state index in [0.717, 1.165) is 5.56 Å². The zero-order valence-electron chi connectivity index (χ0n) is 25.6. The maximum absolute atomic E-state index is 13.6. The predicted octanol–water partition coefficient (Wildman–Crippen LogP) is 4.26. The van der Waals surface area contributed by atoms with Gasteiger partial charge in [0.25, 0.3) is 5.91 Å². The van der Waals surface area contributed by atoms with Gasteiger partial charge in [0.05, 0.1) is 18.9 Å². The van der Waals surface area contributed by atoms with E-state index < -0.39 is 36.2 Å². The maximum Gasteiger partial charge on any atom is 0.428 e. The topological polar surface area (TPSA) is 162 Å². The highest BCUT2D eigenvalue weighted by molar-refractivity contribution is 6.04. The number of Topliss-reactive ketones (excluding diaryl/α,β-unsaturated/α-hetero) is 1. The normalized spacial score (nSPS) is 11.8. The highest BCUT2D eigenvalue weighted by atomic mass is 16.6. The molecule has 0 heterocycles. The molecule has 0 radical (unpaired) electrons. The molecule has 0 aliphatic carbocycles. The van der Waals surface area contributed by atoms with E-state index in [1.807, 2.05) is 12.1 Å². The molecule has 0 aliphatic heterocycles. The summed E-state index contributed by atoms with van der Waals surface area (Å²) >= 11 is 0. The molecular weight excluding hydrogens is 582 g/mol. The predicted molar refractivity (Wildman–Crippen MR) is 166 cm³/mol. The summed E-state index contributed by atoms with van der Waals surface area (Å²) in [7, 11) is 1.59. The number of carbonyl (C=O) groups excluding carboxylic acids is 3. The highest BCUT2D eigenvalue weighted by Crippen LogP contribution is 2.18. The van der Waals surface area contributed by atoms with Crippen LogP contribution in [-0.4, -0.2) is 73.6 Å². The molecule has 1 atom stereocenters. The first-order chi connectivity index (χ1) is 21.4. The number of ether oxygens (including phenoxy) is 4. The minimum absolute atomic E-state index is 0.196. The zero-order chi connectivity index (χ0) is 32.8. The van der Waals surface area contributed by atoms with Gasteiger partial charge >= 0.3 is 12.1 Å². The smallest absolute Gasteiger partial charge is 0.428 e. The number of carbonyl (C=O) groups is 4. The number of ketones is 1. The van der Waals surface area contributed by atoms with Gasteiger partial charge in [-0.2, -0.15) is 5.10 Å². The van der Waals surface area contributed by atoms with Gasteiger partial charge in [-0.3, -0.25) is 9.59 Å². The summed E-state index contributed by atoms with van der Waals surface area (Å²) in [5.74, 6) is -0.992. The van der Waals surface area contributed by atoms with Gasteiger partial charge in [0.15, 0.2) is 12.4 Å². The van der Waals surface area contributed by atoms with Crippen LogP contribution in [0.3, 0.4) is 0 Å². The molecule has 0 fully saturated rings. The first-order valence-corrected chi connectivity index (χ1v) is 14.1. The van der Waals surface area contributed by atoms with E-state index in [1.165, 1.54) is 30.5 Å². The third-order valence-electron chi connectivity index (χ3n) is 5.98. The molecule has 3 rings (SSSR count). The number of aliphatic carboxylic acids is 1. The number of hydrogen-bond acceptors (Lipinski definition) is 9. The van der Waals surface area contributed by atoms with Gasteiger partial charge in [0.1, 0.15) is 23.7 Å². The van der Waals surface area contributed by atoms with Gasteiger partial charge in [0.2, 0.25) is 0 Å². The van der Waals surface area contributed by atoms with Crippen molar-refractivity contribution in [2.24, 2.45) is 5.10 Å². The van der Waals surface area contributed by atoms with E-state index in [1.54, 1.807) is 64.3 Å². The van der Waals surface area contributed by atoms with Crippen LogP contribution < -0.4 is 20.2 Å². The second kappa shape index (κ2) is 16.6. The fraction of sp³-hybridized carbons (Fsp3) is 0.303. The van der Waals surface area contributed by atoms with Crippen LogP contribution in [0.15, 0.2) is 77.9 Å².